The van der Waals surface area contributed by atoms with Crippen LogP contribution in [0.2, 0.25) is 5.02 Å². The van der Waals surface area contributed by atoms with E-state index in [0.717, 1.165) is 4.31 Å². The van der Waals surface area contributed by atoms with Crippen molar-refractivity contribution in [3.05, 3.63) is 82.9 Å². The lowest BCUT2D eigenvalue weighted by Crippen LogP contribution is -2.41. The molecule has 1 amide bonds. The third kappa shape index (κ3) is 4.33. The lowest BCUT2D eigenvalue weighted by molar-refractivity contribution is -0.129. The monoisotopic (exact) mass is 517 g/mol. The fourth-order valence-corrected chi connectivity index (χ4v) is 4.34. The number of nitrogens with zero attached hydrogens (tertiary/aromatic N) is 4. The van der Waals surface area contributed by atoms with Crippen LogP contribution in [-0.4, -0.2) is 55.6 Å². The van der Waals surface area contributed by atoms with Crippen LogP contribution in [0, 0.1) is 5.95 Å². The van der Waals surface area contributed by atoms with Crippen molar-refractivity contribution in [2.75, 3.05) is 21.1 Å². The second-order valence-corrected chi connectivity index (χ2v) is 10.2. The minimum atomic E-state index is -4.05. The molecular weight excluding hydrogens is 497 g/mol. The molecule has 0 aliphatic carbocycles. The zero-order chi connectivity index (χ0) is 25.5. The summed E-state index contributed by atoms with van der Waals surface area (Å²) in [5, 5.41) is 0.243. The quantitative estimate of drug-likeness (QED) is 0.502. The van der Waals surface area contributed by atoms with Gasteiger partial charge in [-0.05, 0) is 41.0 Å². The average molecular weight is 518 g/mol. The van der Waals surface area contributed by atoms with Crippen LogP contribution in [0.25, 0.3) is 11.1 Å². The van der Waals surface area contributed by atoms with E-state index in [9.17, 15) is 17.6 Å². The Bertz CT molecular complexity index is 1460. The van der Waals surface area contributed by atoms with Crippen molar-refractivity contribution >= 4 is 33.8 Å². The van der Waals surface area contributed by atoms with Crippen molar-refractivity contribution in [2.45, 2.75) is 5.54 Å². The van der Waals surface area contributed by atoms with Crippen LogP contribution in [0.3, 0.4) is 0 Å². The number of pyridine rings is 1. The molecule has 12 heteroatoms. The number of carbonyl (C=O) groups is 1. The van der Waals surface area contributed by atoms with Crippen LogP contribution in [0.5, 0.6) is 5.75 Å². The molecule has 0 saturated carbocycles. The van der Waals surface area contributed by atoms with Crippen LogP contribution < -0.4 is 9.92 Å². The molecule has 182 valence electrons. The van der Waals surface area contributed by atoms with Gasteiger partial charge in [0.1, 0.15) is 5.75 Å². The molecule has 2 aromatic carbocycles. The van der Waals surface area contributed by atoms with Crippen molar-refractivity contribution in [3.63, 3.8) is 0 Å². The molecule has 0 radical (unpaired) electrons. The number of nitrogens with two attached hydrogens (primary N) is 1. The van der Waals surface area contributed by atoms with E-state index in [2.05, 4.69) is 9.98 Å². The first-order valence-electron chi connectivity index (χ1n) is 10.2. The molecule has 2 N–H and O–H groups in total. The Morgan fingerprint density at radius 2 is 1.77 bits per heavy atom. The number of aliphatic imine (C=N–C) groups is 1. The number of rotatable bonds is 6. The van der Waals surface area contributed by atoms with Gasteiger partial charge in [0.15, 0.2) is 11.5 Å². The first kappa shape index (κ1) is 24.6. The van der Waals surface area contributed by atoms with Gasteiger partial charge in [-0.3, -0.25) is 9.69 Å². The number of benzene rings is 2. The first-order chi connectivity index (χ1) is 16.5. The highest BCUT2D eigenvalue weighted by molar-refractivity contribution is 7.84. The van der Waals surface area contributed by atoms with Crippen LogP contribution >= 0.6 is 11.6 Å². The lowest BCUT2D eigenvalue weighted by atomic mass is 9.81. The van der Waals surface area contributed by atoms with E-state index < -0.39 is 27.7 Å². The predicted molar refractivity (Wildman–Crippen MR) is 129 cm³/mol. The Kier molecular flexibility index (Phi) is 6.26. The molecule has 1 aliphatic heterocycles. The maximum atomic E-state index is 14.5. The summed E-state index contributed by atoms with van der Waals surface area (Å²) in [4.78, 5) is 22.9. The molecular formula is C23H21ClFN5O4S. The zero-order valence-electron chi connectivity index (χ0n) is 18.9. The van der Waals surface area contributed by atoms with Gasteiger partial charge in [-0.25, -0.2) is 9.98 Å². The molecule has 35 heavy (non-hydrogen) atoms. The highest BCUT2D eigenvalue weighted by Crippen LogP contribution is 2.41. The number of hydrogen-bond acceptors (Lipinski definition) is 7. The van der Waals surface area contributed by atoms with Crippen LogP contribution in [-0.2, 0) is 20.6 Å². The lowest BCUT2D eigenvalue weighted by Gasteiger charge is -2.27. The number of carbonyl (C=O) groups excluding carboxylic acids is 1. The Balaban J connectivity index is 1.91. The highest BCUT2D eigenvalue weighted by atomic mass is 35.5. The standard InChI is InChI=1S/C23H21ClFN5O4S/c1-29(2)35(32,33)34-18-9-5-8-16(11-18)23(21(31)30(3)22(26)28-23)15-7-4-6-14(10-15)19-12-17(24)13-27-20(19)25/h4-13H,1-3H3,(H2,26,28). The van der Waals surface area contributed by atoms with Crippen molar-refractivity contribution < 1.29 is 21.8 Å². The van der Waals surface area contributed by atoms with Gasteiger partial charge in [0.05, 0.1) is 5.02 Å². The first-order valence-corrected chi connectivity index (χ1v) is 12.0. The van der Waals surface area contributed by atoms with Gasteiger partial charge in [-0.1, -0.05) is 41.9 Å². The number of amides is 1. The summed E-state index contributed by atoms with van der Waals surface area (Å²) in [6, 6.07) is 14.0. The molecule has 4 rings (SSSR count). The minimum Gasteiger partial charge on any atom is -0.371 e. The molecule has 2 heterocycles. The van der Waals surface area contributed by atoms with E-state index in [1.165, 1.54) is 50.4 Å². The molecule has 0 spiro atoms. The van der Waals surface area contributed by atoms with E-state index in [0.29, 0.717) is 16.7 Å². The van der Waals surface area contributed by atoms with Crippen molar-refractivity contribution in [3.8, 4) is 16.9 Å². The van der Waals surface area contributed by atoms with Crippen LogP contribution in [0.1, 0.15) is 11.1 Å². The Morgan fingerprint density at radius 1 is 1.11 bits per heavy atom. The van der Waals surface area contributed by atoms with Gasteiger partial charge >= 0.3 is 10.3 Å². The van der Waals surface area contributed by atoms with E-state index in [1.807, 2.05) is 0 Å². The van der Waals surface area contributed by atoms with Crippen LogP contribution in [0.15, 0.2) is 65.8 Å². The molecule has 0 bridgehead atoms. The summed E-state index contributed by atoms with van der Waals surface area (Å²) < 4.78 is 45.1. The van der Waals surface area contributed by atoms with Gasteiger partial charge in [-0.15, -0.1) is 0 Å². The van der Waals surface area contributed by atoms with E-state index in [1.54, 1.807) is 36.4 Å². The van der Waals surface area contributed by atoms with Crippen molar-refractivity contribution in [1.29, 1.82) is 0 Å². The number of halogens is 2. The topological polar surface area (TPSA) is 118 Å². The van der Waals surface area contributed by atoms with E-state index >= 15 is 0 Å². The summed E-state index contributed by atoms with van der Waals surface area (Å²) >= 11 is 6.02. The van der Waals surface area contributed by atoms with Crippen molar-refractivity contribution in [2.24, 2.45) is 10.7 Å². The minimum absolute atomic E-state index is 0.0204. The third-order valence-corrected chi connectivity index (χ3v) is 7.04. The molecule has 1 atom stereocenters. The Morgan fingerprint density at radius 3 is 2.40 bits per heavy atom. The average Bonchev–Trinajstić information content (AvgIpc) is 3.05. The van der Waals surface area contributed by atoms with Crippen molar-refractivity contribution in [1.82, 2.24) is 14.2 Å². The fourth-order valence-electron chi connectivity index (χ4n) is 3.69. The van der Waals surface area contributed by atoms with Gasteiger partial charge in [0.2, 0.25) is 5.95 Å². The normalized spacial score (nSPS) is 18.2. The highest BCUT2D eigenvalue weighted by Gasteiger charge is 2.49. The van der Waals surface area contributed by atoms with E-state index in [-0.39, 0.29) is 22.3 Å². The number of guanidine groups is 1. The SMILES string of the molecule is CN1C(=O)C(c2cccc(OS(=O)(=O)N(C)C)c2)(c2cccc(-c3cc(Cl)cnc3F)c2)N=C1N. The van der Waals surface area contributed by atoms with E-state index in [4.69, 9.17) is 21.5 Å². The maximum absolute atomic E-state index is 14.5. The molecule has 0 fully saturated rings. The second kappa shape index (κ2) is 8.91. The fraction of sp³-hybridized carbons (Fsp3) is 0.174. The molecule has 1 aromatic heterocycles. The molecule has 9 nitrogen and oxygen atoms in total. The largest absolute Gasteiger partial charge is 0.384 e. The third-order valence-electron chi connectivity index (χ3n) is 5.54. The summed E-state index contributed by atoms with van der Waals surface area (Å²) in [5.74, 6) is -1.27. The van der Waals surface area contributed by atoms with Gasteiger partial charge in [0.25, 0.3) is 5.91 Å². The Labute approximate surface area is 206 Å². The van der Waals surface area contributed by atoms with Gasteiger partial charge in [-0.2, -0.15) is 17.1 Å². The number of aromatic nitrogens is 1. The summed E-state index contributed by atoms with van der Waals surface area (Å²) in [5.41, 5.74) is 5.59. The molecule has 1 aliphatic rings. The molecule has 1 unspecified atom stereocenters. The smallest absolute Gasteiger partial charge is 0.371 e. The summed E-state index contributed by atoms with van der Waals surface area (Å²) in [6.07, 6.45) is 1.19. The van der Waals surface area contributed by atoms with Gasteiger partial charge < -0.3 is 9.92 Å². The maximum Gasteiger partial charge on any atom is 0.384 e. The van der Waals surface area contributed by atoms with Gasteiger partial charge in [0, 0.05) is 32.9 Å². The Hall–Kier alpha value is -3.54. The molecule has 3 aromatic rings. The predicted octanol–water partition coefficient (Wildman–Crippen LogP) is 2.76. The summed E-state index contributed by atoms with van der Waals surface area (Å²) in [7, 11) is 0.0897. The second-order valence-electron chi connectivity index (χ2n) is 7.97. The molecule has 0 saturated heterocycles. The number of hydrogen-bond donors (Lipinski definition) is 1. The number of likely N-dealkylation sites (N-methyl/N-ethyl adjacent to an activating group) is 1. The zero-order valence-corrected chi connectivity index (χ0v) is 20.5. The summed E-state index contributed by atoms with van der Waals surface area (Å²) in [6.45, 7) is 0. The van der Waals surface area contributed by atoms with Crippen LogP contribution in [0.4, 0.5) is 4.39 Å².